The largest absolute Gasteiger partial charge is 0.412 e. The van der Waals surface area contributed by atoms with Gasteiger partial charge in [-0.05, 0) is 0 Å². The zero-order valence-corrected chi connectivity index (χ0v) is 17.3. The predicted molar refractivity (Wildman–Crippen MR) is 71.1 cm³/mol. The Morgan fingerprint density at radius 3 is 2.62 bits per heavy atom. The summed E-state index contributed by atoms with van der Waals surface area (Å²) in [6, 6.07) is 6.55. The van der Waals surface area contributed by atoms with E-state index in [1.165, 1.54) is 0 Å². The van der Waals surface area contributed by atoms with E-state index in [2.05, 4.69) is 5.32 Å². The summed E-state index contributed by atoms with van der Waals surface area (Å²) in [6.07, 6.45) is 0.0365. The number of hydrogen-bond donors (Lipinski definition) is 2. The molecule has 1 atom stereocenters. The Balaban J connectivity index is 0.00000400. The molecule has 8 heteroatoms. The normalized spacial score (nSPS) is 11.2. The molecule has 0 saturated carbocycles. The maximum Gasteiger partial charge on any atom is -0.412 e. The number of ether oxygens (including phenoxy) is 2. The number of para-hydroxylation sites is 1. The van der Waals surface area contributed by atoms with Crippen LogP contribution in [0.4, 0.5) is 0 Å². The third-order valence-corrected chi connectivity index (χ3v) is 5.13. The molecule has 0 spiro atoms. The number of carboxylic acid groups (broad SMARTS) is 1. The average Bonchev–Trinajstić information content (AvgIpc) is 2.46. The molecule has 0 aliphatic rings. The first-order chi connectivity index (χ1) is 9.58. The van der Waals surface area contributed by atoms with Crippen molar-refractivity contribution in [1.29, 1.82) is 0 Å². The van der Waals surface area contributed by atoms with Crippen molar-refractivity contribution in [3.8, 4) is 5.75 Å². The molecule has 4 N–H and O–H groups in total. The Labute approximate surface area is 138 Å². The van der Waals surface area contributed by atoms with Crippen molar-refractivity contribution in [3.05, 3.63) is 29.8 Å². The molecule has 0 bridgehead atoms. The molecular weight excluding hydrogens is 467 g/mol. The topological polar surface area (TPSA) is 116 Å². The second-order valence-corrected chi connectivity index (χ2v) is 6.28. The van der Waals surface area contributed by atoms with Crippen molar-refractivity contribution >= 4 is 11.9 Å². The number of hydrogen-bond acceptors (Lipinski definition) is 4. The molecular formula is C13H18HgNO6. The first kappa shape index (κ1) is 19.8. The quantitative estimate of drug-likeness (QED) is 0.505. The van der Waals surface area contributed by atoms with Crippen LogP contribution >= 0.6 is 0 Å². The monoisotopic (exact) mass is 486 g/mol. The number of carbonyl (C=O) groups is 2. The third-order valence-electron chi connectivity index (χ3n) is 2.63. The van der Waals surface area contributed by atoms with E-state index in [9.17, 15) is 9.59 Å². The number of amides is 1. The molecule has 7 nitrogen and oxygen atoms in total. The molecule has 1 rings (SSSR count). The summed E-state index contributed by atoms with van der Waals surface area (Å²) in [5, 5.41) is 11.4. The molecule has 1 aromatic carbocycles. The molecule has 0 aliphatic carbocycles. The zero-order valence-electron chi connectivity index (χ0n) is 11.8. The van der Waals surface area contributed by atoms with E-state index in [1.54, 1.807) is 31.4 Å². The summed E-state index contributed by atoms with van der Waals surface area (Å²) >= 11 is 0.605. The standard InChI is InChI=1S/C13H16NO5.Hg.H2O/c1-9(18-2)7-14-13(17)10-5-3-4-6-11(10)19-8-12(15)16;;/h3-6,9H,1,7-8H2,2H3,(H,14,17)(H,15,16);;1H2/t9-;;/m0../s1. The van der Waals surface area contributed by atoms with Crippen LogP contribution < -0.4 is 10.1 Å². The zero-order chi connectivity index (χ0) is 15.0. The van der Waals surface area contributed by atoms with Crippen molar-refractivity contribution in [2.75, 3.05) is 20.3 Å². The van der Waals surface area contributed by atoms with Gasteiger partial charge in [0.05, 0.1) is 0 Å². The van der Waals surface area contributed by atoms with Crippen molar-refractivity contribution in [1.82, 2.24) is 5.32 Å². The summed E-state index contributed by atoms with van der Waals surface area (Å²) in [6.45, 7) is -0.0418. The molecule has 113 valence electrons. The summed E-state index contributed by atoms with van der Waals surface area (Å²) < 4.78 is 11.3. The molecule has 1 aromatic rings. The van der Waals surface area contributed by atoms with Gasteiger partial charge in [0, 0.05) is 0 Å². The van der Waals surface area contributed by atoms with Crippen LogP contribution in [0.5, 0.6) is 5.75 Å². The summed E-state index contributed by atoms with van der Waals surface area (Å²) in [5.74, 6) is -1.12. The van der Waals surface area contributed by atoms with Gasteiger partial charge in [-0.25, -0.2) is 0 Å². The van der Waals surface area contributed by atoms with Gasteiger partial charge in [0.15, 0.2) is 0 Å². The van der Waals surface area contributed by atoms with Gasteiger partial charge in [0.1, 0.15) is 0 Å². The molecule has 0 aliphatic heterocycles. The van der Waals surface area contributed by atoms with Crippen LogP contribution in [-0.4, -0.2) is 48.8 Å². The Morgan fingerprint density at radius 2 is 2.05 bits per heavy atom. The predicted octanol–water partition coefficient (Wildman–Crippen LogP) is 0.0352. The van der Waals surface area contributed by atoms with Crippen molar-refractivity contribution in [2.24, 2.45) is 0 Å². The number of aliphatic carboxylic acids is 1. The van der Waals surface area contributed by atoms with Crippen LogP contribution in [0.3, 0.4) is 0 Å². The first-order valence-corrected chi connectivity index (χ1v) is 10.0. The van der Waals surface area contributed by atoms with Crippen molar-refractivity contribution in [3.63, 3.8) is 0 Å². The van der Waals surface area contributed by atoms with Gasteiger partial charge in [-0.3, -0.25) is 0 Å². The number of rotatable bonds is 8. The second-order valence-electron chi connectivity index (χ2n) is 4.03. The molecule has 21 heavy (non-hydrogen) atoms. The van der Waals surface area contributed by atoms with Gasteiger partial charge in [-0.15, -0.1) is 0 Å². The summed E-state index contributed by atoms with van der Waals surface area (Å²) in [5.41, 5.74) is 0.321. The average molecular weight is 485 g/mol. The van der Waals surface area contributed by atoms with Gasteiger partial charge >= 0.3 is 133 Å². The van der Waals surface area contributed by atoms with Crippen LogP contribution in [0.15, 0.2) is 24.3 Å². The Morgan fingerprint density at radius 1 is 1.38 bits per heavy atom. The van der Waals surface area contributed by atoms with Gasteiger partial charge in [-0.1, -0.05) is 0 Å². The Kier molecular flexibility index (Phi) is 9.93. The first-order valence-electron chi connectivity index (χ1n) is 6.12. The summed E-state index contributed by atoms with van der Waals surface area (Å²) in [4.78, 5) is 22.6. The molecule has 0 unspecified atom stereocenters. The number of carboxylic acids is 1. The van der Waals surface area contributed by atoms with E-state index in [-0.39, 0.29) is 23.2 Å². The van der Waals surface area contributed by atoms with E-state index in [4.69, 9.17) is 14.6 Å². The number of methoxy groups -OCH3 is 1. The van der Waals surface area contributed by atoms with E-state index >= 15 is 0 Å². The number of carbonyl (C=O) groups excluding carboxylic acids is 1. The van der Waals surface area contributed by atoms with Gasteiger partial charge in [-0.2, -0.15) is 0 Å². The summed E-state index contributed by atoms with van der Waals surface area (Å²) in [7, 11) is 1.62. The number of benzene rings is 1. The molecule has 1 amide bonds. The van der Waals surface area contributed by atoms with E-state index in [0.717, 1.165) is 3.93 Å². The number of nitrogens with one attached hydrogen (secondary N) is 1. The second kappa shape index (κ2) is 10.5. The fourth-order valence-corrected chi connectivity index (χ4v) is 3.23. The SMILES string of the molecule is CO[C@@H]([CH2][Hg])CNC(=O)c1ccccc1OCC(=O)O.O. The smallest absolute Gasteiger partial charge is 0.412 e. The van der Waals surface area contributed by atoms with Crippen molar-refractivity contribution in [2.45, 2.75) is 10.0 Å². The van der Waals surface area contributed by atoms with Crippen LogP contribution in [0, 0.1) is 0 Å². The van der Waals surface area contributed by atoms with E-state index in [0.29, 0.717) is 38.2 Å². The fraction of sp³-hybridized carbons (Fsp3) is 0.385. The minimum Gasteiger partial charge on any atom is -0.412 e. The van der Waals surface area contributed by atoms with E-state index < -0.39 is 12.6 Å². The van der Waals surface area contributed by atoms with Gasteiger partial charge in [0.25, 0.3) is 0 Å². The maximum absolute atomic E-state index is 12.1. The fourth-order valence-electron chi connectivity index (χ4n) is 1.52. The minimum atomic E-state index is -1.09. The van der Waals surface area contributed by atoms with Crippen LogP contribution in [-0.2, 0) is 35.7 Å². The molecule has 0 radical (unpaired) electrons. The van der Waals surface area contributed by atoms with Crippen molar-refractivity contribution < 1.29 is 55.8 Å². The molecule has 0 fully saturated rings. The maximum atomic E-state index is 12.1. The van der Waals surface area contributed by atoms with Gasteiger partial charge in [0.2, 0.25) is 0 Å². The van der Waals surface area contributed by atoms with Gasteiger partial charge < -0.3 is 5.48 Å². The minimum absolute atomic E-state index is 0. The van der Waals surface area contributed by atoms with Crippen LogP contribution in [0.2, 0.25) is 3.93 Å². The van der Waals surface area contributed by atoms with Crippen LogP contribution in [0.25, 0.3) is 0 Å². The van der Waals surface area contributed by atoms with Crippen LogP contribution in [0.1, 0.15) is 10.4 Å². The molecule has 0 saturated heterocycles. The third kappa shape index (κ3) is 6.88. The molecule has 0 heterocycles. The molecule has 0 aromatic heterocycles. The Hall–Kier alpha value is -1.18. The van der Waals surface area contributed by atoms with E-state index in [1.807, 2.05) is 0 Å². The Bertz CT molecular complexity index is 464.